The van der Waals surface area contributed by atoms with Crippen molar-refractivity contribution in [3.63, 3.8) is 0 Å². The first-order valence-corrected chi connectivity index (χ1v) is 17.2. The molecule has 3 heterocycles. The highest BCUT2D eigenvalue weighted by Crippen LogP contribution is 2.66. The molecule has 0 aromatic rings. The summed E-state index contributed by atoms with van der Waals surface area (Å²) in [6.07, 6.45) is 24.8. The monoisotopic (exact) mass is 598 g/mol. The van der Waals surface area contributed by atoms with Gasteiger partial charge in [-0.3, -0.25) is 9.59 Å². The summed E-state index contributed by atoms with van der Waals surface area (Å²) in [4.78, 5) is 38.5. The Morgan fingerprint density at radius 2 is 1.49 bits per heavy atom. The first kappa shape index (κ1) is 32.4. The number of ether oxygens (including phenoxy) is 4. The Labute approximate surface area is 258 Å². The molecule has 2 aliphatic carbocycles. The van der Waals surface area contributed by atoms with Crippen molar-refractivity contribution in [3.8, 4) is 0 Å². The normalized spacial score (nSPS) is 35.3. The molecule has 0 aromatic heterocycles. The van der Waals surface area contributed by atoms with Crippen LogP contribution in [-0.4, -0.2) is 46.9 Å². The second-order valence-electron chi connectivity index (χ2n) is 14.7. The van der Waals surface area contributed by atoms with Crippen LogP contribution in [0.5, 0.6) is 0 Å². The van der Waals surface area contributed by atoms with Crippen LogP contribution < -0.4 is 0 Å². The lowest BCUT2D eigenvalue weighted by atomic mass is 9.66. The minimum Gasteiger partial charge on any atom is -0.459 e. The molecule has 0 N–H and O–H groups in total. The second kappa shape index (κ2) is 12.8. The molecule has 2 bridgehead atoms. The van der Waals surface area contributed by atoms with E-state index in [1.165, 1.54) is 57.8 Å². The molecule has 0 radical (unpaired) electrons. The van der Waals surface area contributed by atoms with Gasteiger partial charge in [-0.05, 0) is 56.9 Å². The lowest BCUT2D eigenvalue weighted by Crippen LogP contribution is -2.53. The van der Waals surface area contributed by atoms with E-state index < -0.39 is 39.9 Å². The Morgan fingerprint density at radius 3 is 2.07 bits per heavy atom. The molecule has 7 nitrogen and oxygen atoms in total. The predicted octanol–water partition coefficient (Wildman–Crippen LogP) is 7.84. The van der Waals surface area contributed by atoms with Gasteiger partial charge in [-0.2, -0.15) is 0 Å². The van der Waals surface area contributed by atoms with Gasteiger partial charge in [0.05, 0.1) is 11.5 Å². The van der Waals surface area contributed by atoms with Crippen LogP contribution in [-0.2, 0) is 33.3 Å². The molecule has 0 unspecified atom stereocenters. The fraction of sp³-hybridized carbons (Fsp3) is 0.806. The standard InChI is InChI=1S/C36H54O7/c1-5-6-7-8-9-10-11-12-13-14-15-16-28-25-29(26-35(41-28)23-22-34(43-35)19-17-27(37)18-20-34)40-31(39)36-24-21-33(4,30(38)42-36)32(36,2)3/h17-20,28-29H,5-16,21-26H2,1-4H3/t28-,29-,33+,35-,36-/m1/s1. The van der Waals surface area contributed by atoms with Gasteiger partial charge in [0.2, 0.25) is 5.60 Å². The first-order chi connectivity index (χ1) is 20.5. The number of carbonyl (C=O) groups excluding carboxylic acids is 3. The van der Waals surface area contributed by atoms with E-state index in [1.54, 1.807) is 12.2 Å². The van der Waals surface area contributed by atoms with Crippen molar-refractivity contribution < 1.29 is 33.3 Å². The van der Waals surface area contributed by atoms with Crippen LogP contribution in [0.1, 0.15) is 143 Å². The first-order valence-electron chi connectivity index (χ1n) is 17.2. The van der Waals surface area contributed by atoms with E-state index in [-0.39, 0.29) is 17.9 Å². The maximum Gasteiger partial charge on any atom is 0.351 e. The average molecular weight is 599 g/mol. The maximum absolute atomic E-state index is 13.9. The van der Waals surface area contributed by atoms with Crippen LogP contribution in [0.3, 0.4) is 0 Å². The summed E-state index contributed by atoms with van der Waals surface area (Å²) < 4.78 is 25.5. The van der Waals surface area contributed by atoms with Crippen molar-refractivity contribution >= 4 is 17.7 Å². The molecule has 240 valence electrons. The summed E-state index contributed by atoms with van der Waals surface area (Å²) in [5.74, 6) is -1.66. The summed E-state index contributed by atoms with van der Waals surface area (Å²) in [6.45, 7) is 8.08. The Balaban J connectivity index is 1.18. The molecular weight excluding hydrogens is 544 g/mol. The number of ketones is 1. The van der Waals surface area contributed by atoms with Crippen molar-refractivity contribution in [2.24, 2.45) is 10.8 Å². The van der Waals surface area contributed by atoms with Crippen LogP contribution >= 0.6 is 0 Å². The number of esters is 2. The zero-order valence-electron chi connectivity index (χ0n) is 27.0. The van der Waals surface area contributed by atoms with Crippen LogP contribution in [0.2, 0.25) is 0 Å². The third-order valence-electron chi connectivity index (χ3n) is 11.6. The van der Waals surface area contributed by atoms with Gasteiger partial charge in [0.25, 0.3) is 0 Å². The highest BCUT2D eigenvalue weighted by molar-refractivity contribution is 6.00. The van der Waals surface area contributed by atoms with E-state index >= 15 is 0 Å². The van der Waals surface area contributed by atoms with Gasteiger partial charge in [0.15, 0.2) is 11.6 Å². The number of carbonyl (C=O) groups is 3. The van der Waals surface area contributed by atoms with Crippen molar-refractivity contribution in [2.45, 2.75) is 172 Å². The van der Waals surface area contributed by atoms with Crippen molar-refractivity contribution in [1.29, 1.82) is 0 Å². The maximum atomic E-state index is 13.9. The third-order valence-corrected chi connectivity index (χ3v) is 11.6. The molecular formula is C36H54O7. The average Bonchev–Trinajstić information content (AvgIpc) is 3.46. The minimum absolute atomic E-state index is 0.0440. The predicted molar refractivity (Wildman–Crippen MR) is 164 cm³/mol. The zero-order chi connectivity index (χ0) is 30.8. The van der Waals surface area contributed by atoms with Gasteiger partial charge in [-0.1, -0.05) is 91.4 Å². The van der Waals surface area contributed by atoms with E-state index in [9.17, 15) is 14.4 Å². The molecule has 43 heavy (non-hydrogen) atoms. The largest absolute Gasteiger partial charge is 0.459 e. The number of hydrogen-bond acceptors (Lipinski definition) is 7. The molecule has 4 fully saturated rings. The summed E-state index contributed by atoms with van der Waals surface area (Å²) >= 11 is 0. The molecule has 0 aromatic carbocycles. The highest BCUT2D eigenvalue weighted by atomic mass is 16.7. The molecule has 0 amide bonds. The van der Waals surface area contributed by atoms with E-state index in [4.69, 9.17) is 18.9 Å². The fourth-order valence-corrected chi connectivity index (χ4v) is 8.23. The van der Waals surface area contributed by atoms with Crippen molar-refractivity contribution in [1.82, 2.24) is 0 Å². The van der Waals surface area contributed by atoms with Crippen LogP contribution in [0.25, 0.3) is 0 Å². The van der Waals surface area contributed by atoms with Gasteiger partial charge >= 0.3 is 11.9 Å². The number of hydrogen-bond donors (Lipinski definition) is 0. The molecule has 3 aliphatic heterocycles. The minimum atomic E-state index is -1.25. The molecule has 1 saturated carbocycles. The molecule has 5 aliphatic rings. The Hall–Kier alpha value is -1.99. The van der Waals surface area contributed by atoms with Crippen LogP contribution in [0.15, 0.2) is 24.3 Å². The number of unbranched alkanes of at least 4 members (excludes halogenated alkanes) is 10. The smallest absolute Gasteiger partial charge is 0.351 e. The van der Waals surface area contributed by atoms with E-state index in [0.29, 0.717) is 38.5 Å². The molecule has 3 saturated heterocycles. The van der Waals surface area contributed by atoms with Crippen molar-refractivity contribution in [2.75, 3.05) is 0 Å². The van der Waals surface area contributed by atoms with Gasteiger partial charge in [0.1, 0.15) is 11.7 Å². The summed E-state index contributed by atoms with van der Waals surface area (Å²) in [5, 5.41) is 0. The van der Waals surface area contributed by atoms with Gasteiger partial charge in [0, 0.05) is 24.7 Å². The van der Waals surface area contributed by atoms with Gasteiger partial charge in [-0.25, -0.2) is 4.79 Å². The fourth-order valence-electron chi connectivity index (χ4n) is 8.23. The lowest BCUT2D eigenvalue weighted by molar-refractivity contribution is -0.295. The van der Waals surface area contributed by atoms with E-state index in [0.717, 1.165) is 19.3 Å². The summed E-state index contributed by atoms with van der Waals surface area (Å²) in [7, 11) is 0. The molecule has 5 atom stereocenters. The molecule has 7 heteroatoms. The van der Waals surface area contributed by atoms with Gasteiger partial charge < -0.3 is 18.9 Å². The quantitative estimate of drug-likeness (QED) is 0.149. The SMILES string of the molecule is CCCCCCCCCCCCC[C@@H]1C[C@@H](OC(=O)[C@@]23CC[C@@](C)(C(=O)O2)C3(C)C)C[C@]2(CCC3(C=CC(=O)C=C3)O2)O1. The third kappa shape index (κ3) is 6.27. The molecule has 5 rings (SSSR count). The zero-order valence-corrected chi connectivity index (χ0v) is 27.0. The second-order valence-corrected chi connectivity index (χ2v) is 14.7. The topological polar surface area (TPSA) is 88.1 Å². The molecule has 2 spiro atoms. The number of allylic oxidation sites excluding steroid dienone is 2. The van der Waals surface area contributed by atoms with Crippen LogP contribution in [0, 0.1) is 10.8 Å². The van der Waals surface area contributed by atoms with E-state index in [2.05, 4.69) is 6.92 Å². The summed E-state index contributed by atoms with van der Waals surface area (Å²) in [5.41, 5.74) is -3.25. The Kier molecular flexibility index (Phi) is 9.63. The lowest BCUT2D eigenvalue weighted by Gasteiger charge is -2.44. The Morgan fingerprint density at radius 1 is 0.860 bits per heavy atom. The Bertz CT molecular complexity index is 1090. The van der Waals surface area contributed by atoms with Gasteiger partial charge in [-0.15, -0.1) is 0 Å². The number of fused-ring (bicyclic) bond motifs is 2. The van der Waals surface area contributed by atoms with Crippen LogP contribution in [0.4, 0.5) is 0 Å². The van der Waals surface area contributed by atoms with Crippen molar-refractivity contribution in [3.05, 3.63) is 24.3 Å². The number of rotatable bonds is 14. The summed E-state index contributed by atoms with van der Waals surface area (Å²) in [6, 6.07) is 0. The van der Waals surface area contributed by atoms with E-state index in [1.807, 2.05) is 32.9 Å². The highest BCUT2D eigenvalue weighted by Gasteiger charge is 2.76.